The average Bonchev–Trinajstić information content (AvgIpc) is 2.85. The van der Waals surface area contributed by atoms with Crippen molar-refractivity contribution in [3.05, 3.63) is 63.2 Å². The molecule has 0 saturated carbocycles. The standard InChI is InChI=1S/C16H16INO/c17-12-7-5-11(6-8-12)9-15(18)14-10-19-16-4-2-1-3-13(14)16/h1-8,14-15H,9-10,18H2. The summed E-state index contributed by atoms with van der Waals surface area (Å²) in [5.74, 6) is 1.29. The summed E-state index contributed by atoms with van der Waals surface area (Å²) in [7, 11) is 0. The number of fused-ring (bicyclic) bond motifs is 1. The summed E-state index contributed by atoms with van der Waals surface area (Å²) in [5, 5.41) is 0. The van der Waals surface area contributed by atoms with Crippen LogP contribution in [0.4, 0.5) is 0 Å². The molecule has 0 radical (unpaired) electrons. The van der Waals surface area contributed by atoms with Gasteiger partial charge < -0.3 is 10.5 Å². The molecule has 2 nitrogen and oxygen atoms in total. The summed E-state index contributed by atoms with van der Waals surface area (Å²) in [5.41, 5.74) is 8.92. The highest BCUT2D eigenvalue weighted by Crippen LogP contribution is 2.35. The topological polar surface area (TPSA) is 35.2 Å². The van der Waals surface area contributed by atoms with E-state index in [1.807, 2.05) is 12.1 Å². The maximum atomic E-state index is 6.38. The Morgan fingerprint density at radius 1 is 1.16 bits per heavy atom. The lowest BCUT2D eigenvalue weighted by molar-refractivity contribution is 0.313. The van der Waals surface area contributed by atoms with E-state index in [0.717, 1.165) is 12.2 Å². The third kappa shape index (κ3) is 2.77. The second kappa shape index (κ2) is 5.51. The minimum absolute atomic E-state index is 0.101. The van der Waals surface area contributed by atoms with Crippen molar-refractivity contribution in [2.75, 3.05) is 6.61 Å². The molecule has 2 unspecified atom stereocenters. The SMILES string of the molecule is NC(Cc1ccc(I)cc1)C1COc2ccccc21. The van der Waals surface area contributed by atoms with Crippen molar-refractivity contribution >= 4 is 22.6 Å². The molecule has 0 amide bonds. The number of para-hydroxylation sites is 1. The van der Waals surface area contributed by atoms with Gasteiger partial charge in [-0.05, 0) is 52.8 Å². The van der Waals surface area contributed by atoms with Crippen molar-refractivity contribution in [3.8, 4) is 5.75 Å². The fourth-order valence-corrected chi connectivity index (χ4v) is 2.94. The highest BCUT2D eigenvalue weighted by molar-refractivity contribution is 14.1. The van der Waals surface area contributed by atoms with Gasteiger partial charge in [-0.3, -0.25) is 0 Å². The first kappa shape index (κ1) is 12.9. The van der Waals surface area contributed by atoms with Gasteiger partial charge >= 0.3 is 0 Å². The van der Waals surface area contributed by atoms with Crippen LogP contribution in [0.25, 0.3) is 0 Å². The molecule has 19 heavy (non-hydrogen) atoms. The number of halogens is 1. The third-order valence-electron chi connectivity index (χ3n) is 3.64. The third-order valence-corrected chi connectivity index (χ3v) is 4.36. The first-order valence-corrected chi connectivity index (χ1v) is 7.53. The molecule has 1 aliphatic rings. The van der Waals surface area contributed by atoms with E-state index in [9.17, 15) is 0 Å². The van der Waals surface area contributed by atoms with Crippen LogP contribution in [0.2, 0.25) is 0 Å². The monoisotopic (exact) mass is 365 g/mol. The Bertz CT molecular complexity index is 567. The molecule has 2 aromatic carbocycles. The van der Waals surface area contributed by atoms with Crippen molar-refractivity contribution < 1.29 is 4.74 Å². The average molecular weight is 365 g/mol. The van der Waals surface area contributed by atoms with Gasteiger partial charge in [0, 0.05) is 21.1 Å². The van der Waals surface area contributed by atoms with E-state index < -0.39 is 0 Å². The normalized spacial score (nSPS) is 18.7. The summed E-state index contributed by atoms with van der Waals surface area (Å²) in [6.07, 6.45) is 0.888. The Balaban J connectivity index is 1.75. The summed E-state index contributed by atoms with van der Waals surface area (Å²) >= 11 is 2.32. The van der Waals surface area contributed by atoms with Gasteiger partial charge in [0.05, 0.1) is 6.61 Å². The molecule has 0 fully saturated rings. The zero-order valence-corrected chi connectivity index (χ0v) is 12.7. The zero-order chi connectivity index (χ0) is 13.2. The number of rotatable bonds is 3. The largest absolute Gasteiger partial charge is 0.493 e. The van der Waals surface area contributed by atoms with Crippen LogP contribution in [0, 0.1) is 3.57 Å². The summed E-state index contributed by atoms with van der Waals surface area (Å²) in [6, 6.07) is 16.9. The molecular weight excluding hydrogens is 349 g/mol. The lowest BCUT2D eigenvalue weighted by atomic mass is 9.90. The summed E-state index contributed by atoms with van der Waals surface area (Å²) < 4.78 is 6.96. The first-order valence-electron chi connectivity index (χ1n) is 6.46. The Morgan fingerprint density at radius 2 is 1.89 bits per heavy atom. The molecule has 2 N–H and O–H groups in total. The van der Waals surface area contributed by atoms with Crippen LogP contribution < -0.4 is 10.5 Å². The van der Waals surface area contributed by atoms with Crippen LogP contribution in [0.3, 0.4) is 0 Å². The molecule has 0 spiro atoms. The molecule has 0 aromatic heterocycles. The molecule has 1 aliphatic heterocycles. The van der Waals surface area contributed by atoms with Gasteiger partial charge in [0.25, 0.3) is 0 Å². The van der Waals surface area contributed by atoms with Gasteiger partial charge in [-0.25, -0.2) is 0 Å². The lowest BCUT2D eigenvalue weighted by Gasteiger charge is -2.18. The maximum absolute atomic E-state index is 6.38. The van der Waals surface area contributed by atoms with Gasteiger partial charge in [-0.15, -0.1) is 0 Å². The van der Waals surface area contributed by atoms with Crippen molar-refractivity contribution in [1.82, 2.24) is 0 Å². The van der Waals surface area contributed by atoms with Gasteiger partial charge in [0.1, 0.15) is 5.75 Å². The Morgan fingerprint density at radius 3 is 2.68 bits per heavy atom. The molecule has 2 aromatic rings. The van der Waals surface area contributed by atoms with E-state index >= 15 is 0 Å². The van der Waals surface area contributed by atoms with Crippen LogP contribution >= 0.6 is 22.6 Å². The van der Waals surface area contributed by atoms with Crippen LogP contribution in [-0.4, -0.2) is 12.6 Å². The number of ether oxygens (including phenoxy) is 1. The molecule has 0 saturated heterocycles. The molecular formula is C16H16INO. The van der Waals surface area contributed by atoms with E-state index in [1.54, 1.807) is 0 Å². The van der Waals surface area contributed by atoms with Gasteiger partial charge in [0.15, 0.2) is 0 Å². The zero-order valence-electron chi connectivity index (χ0n) is 10.6. The number of hydrogen-bond donors (Lipinski definition) is 1. The number of hydrogen-bond acceptors (Lipinski definition) is 2. The van der Waals surface area contributed by atoms with Crippen molar-refractivity contribution in [1.29, 1.82) is 0 Å². The van der Waals surface area contributed by atoms with Crippen molar-refractivity contribution in [2.45, 2.75) is 18.4 Å². The smallest absolute Gasteiger partial charge is 0.122 e. The molecule has 1 heterocycles. The number of nitrogens with two attached hydrogens (primary N) is 1. The predicted molar refractivity (Wildman–Crippen MR) is 85.5 cm³/mol. The van der Waals surface area contributed by atoms with Crippen LogP contribution in [0.15, 0.2) is 48.5 Å². The summed E-state index contributed by atoms with van der Waals surface area (Å²) in [4.78, 5) is 0. The van der Waals surface area contributed by atoms with Gasteiger partial charge in [-0.1, -0.05) is 30.3 Å². The van der Waals surface area contributed by atoms with E-state index in [4.69, 9.17) is 10.5 Å². The van der Waals surface area contributed by atoms with Crippen LogP contribution in [0.5, 0.6) is 5.75 Å². The fourth-order valence-electron chi connectivity index (χ4n) is 2.58. The number of benzene rings is 2. The highest BCUT2D eigenvalue weighted by atomic mass is 127. The molecule has 0 aliphatic carbocycles. The Hall–Kier alpha value is -1.07. The van der Waals surface area contributed by atoms with Gasteiger partial charge in [-0.2, -0.15) is 0 Å². The van der Waals surface area contributed by atoms with E-state index in [0.29, 0.717) is 12.5 Å². The van der Waals surface area contributed by atoms with Crippen LogP contribution in [-0.2, 0) is 6.42 Å². The van der Waals surface area contributed by atoms with E-state index in [2.05, 4.69) is 59.0 Å². The van der Waals surface area contributed by atoms with Crippen LogP contribution in [0.1, 0.15) is 17.0 Å². The molecule has 2 atom stereocenters. The fraction of sp³-hybridized carbons (Fsp3) is 0.250. The van der Waals surface area contributed by atoms with E-state index in [-0.39, 0.29) is 6.04 Å². The quantitative estimate of drug-likeness (QED) is 0.847. The van der Waals surface area contributed by atoms with E-state index in [1.165, 1.54) is 14.7 Å². The Kier molecular flexibility index (Phi) is 3.75. The predicted octanol–water partition coefficient (Wildman–Crippen LogP) is 3.34. The second-order valence-electron chi connectivity index (χ2n) is 4.95. The molecule has 0 bridgehead atoms. The van der Waals surface area contributed by atoms with Crippen molar-refractivity contribution in [3.63, 3.8) is 0 Å². The maximum Gasteiger partial charge on any atom is 0.122 e. The highest BCUT2D eigenvalue weighted by Gasteiger charge is 2.28. The second-order valence-corrected chi connectivity index (χ2v) is 6.20. The first-order chi connectivity index (χ1) is 9.24. The lowest BCUT2D eigenvalue weighted by Crippen LogP contribution is -2.31. The minimum Gasteiger partial charge on any atom is -0.493 e. The molecule has 3 heteroatoms. The minimum atomic E-state index is 0.101. The molecule has 98 valence electrons. The summed E-state index contributed by atoms with van der Waals surface area (Å²) in [6.45, 7) is 0.699. The van der Waals surface area contributed by atoms with Gasteiger partial charge in [0.2, 0.25) is 0 Å². The Labute approximate surface area is 127 Å². The molecule has 3 rings (SSSR count). The van der Waals surface area contributed by atoms with Crippen molar-refractivity contribution in [2.24, 2.45) is 5.73 Å².